The van der Waals surface area contributed by atoms with Crippen molar-refractivity contribution in [2.24, 2.45) is 0 Å². The second-order valence-corrected chi connectivity index (χ2v) is 3.21. The fourth-order valence-electron chi connectivity index (χ4n) is 1.52. The number of hydrogen-bond donors (Lipinski definition) is 0. The second-order valence-electron chi connectivity index (χ2n) is 3.21. The molecule has 0 aromatic carbocycles. The zero-order valence-electron chi connectivity index (χ0n) is 8.05. The summed E-state index contributed by atoms with van der Waals surface area (Å²) >= 11 is 0. The van der Waals surface area contributed by atoms with Gasteiger partial charge in [0.15, 0.2) is 0 Å². The predicted octanol–water partition coefficient (Wildman–Crippen LogP) is 0.196. The number of amides is 1. The Morgan fingerprint density at radius 3 is 3.21 bits per heavy atom. The summed E-state index contributed by atoms with van der Waals surface area (Å²) in [5, 5.41) is 7.71. The van der Waals surface area contributed by atoms with Gasteiger partial charge in [-0.25, -0.2) is 4.68 Å². The van der Waals surface area contributed by atoms with E-state index >= 15 is 0 Å². The summed E-state index contributed by atoms with van der Waals surface area (Å²) in [5.74, 6) is 0.0555. The number of hydrogen-bond acceptors (Lipinski definition) is 3. The zero-order chi connectivity index (χ0) is 9.97. The van der Waals surface area contributed by atoms with Gasteiger partial charge in [-0.2, -0.15) is 0 Å². The molecule has 1 aliphatic rings. The molecule has 74 valence electrons. The number of carbonyl (C=O) groups excluding carboxylic acids is 1. The Labute approximate surface area is 82.0 Å². The summed E-state index contributed by atoms with van der Waals surface area (Å²) < 4.78 is 1.83. The highest BCUT2D eigenvalue weighted by molar-refractivity contribution is 5.87. The average molecular weight is 192 g/mol. The Kier molecular flexibility index (Phi) is 2.30. The molecule has 14 heavy (non-hydrogen) atoms. The third-order valence-corrected chi connectivity index (χ3v) is 2.25. The van der Waals surface area contributed by atoms with Crippen molar-refractivity contribution in [3.05, 3.63) is 24.0 Å². The quantitative estimate of drug-likeness (QED) is 0.597. The SMILES string of the molecule is C/C=C/C(=O)N1CCn2nncc2C1. The highest BCUT2D eigenvalue weighted by Crippen LogP contribution is 2.09. The Bertz CT molecular complexity index is 369. The molecule has 0 bridgehead atoms. The zero-order valence-corrected chi connectivity index (χ0v) is 8.05. The lowest BCUT2D eigenvalue weighted by molar-refractivity contribution is -0.127. The van der Waals surface area contributed by atoms with Crippen molar-refractivity contribution in [3.63, 3.8) is 0 Å². The van der Waals surface area contributed by atoms with E-state index in [9.17, 15) is 4.79 Å². The number of allylic oxidation sites excluding steroid dienone is 1. The van der Waals surface area contributed by atoms with Crippen molar-refractivity contribution in [1.29, 1.82) is 0 Å². The molecule has 5 heteroatoms. The largest absolute Gasteiger partial charge is 0.331 e. The lowest BCUT2D eigenvalue weighted by Crippen LogP contribution is -2.37. The molecule has 0 atom stereocenters. The minimum atomic E-state index is 0.0555. The third-order valence-electron chi connectivity index (χ3n) is 2.25. The highest BCUT2D eigenvalue weighted by atomic mass is 16.2. The van der Waals surface area contributed by atoms with Crippen LogP contribution in [0.1, 0.15) is 12.6 Å². The van der Waals surface area contributed by atoms with Gasteiger partial charge in [-0.05, 0) is 13.0 Å². The van der Waals surface area contributed by atoms with Crippen LogP contribution in [-0.2, 0) is 17.9 Å². The van der Waals surface area contributed by atoms with Crippen molar-refractivity contribution in [2.45, 2.75) is 20.0 Å². The highest BCUT2D eigenvalue weighted by Gasteiger charge is 2.19. The van der Waals surface area contributed by atoms with Crippen LogP contribution in [0, 0.1) is 0 Å². The number of rotatable bonds is 1. The first-order chi connectivity index (χ1) is 6.81. The van der Waals surface area contributed by atoms with E-state index in [1.165, 1.54) is 0 Å². The minimum absolute atomic E-state index is 0.0555. The normalized spacial score (nSPS) is 15.9. The molecule has 1 aromatic rings. The molecule has 1 aliphatic heterocycles. The first-order valence-electron chi connectivity index (χ1n) is 4.60. The van der Waals surface area contributed by atoms with Crippen molar-refractivity contribution in [2.75, 3.05) is 6.54 Å². The van der Waals surface area contributed by atoms with Crippen LogP contribution in [-0.4, -0.2) is 32.3 Å². The molecule has 5 nitrogen and oxygen atoms in total. The molecule has 0 N–H and O–H groups in total. The van der Waals surface area contributed by atoms with E-state index in [2.05, 4.69) is 10.3 Å². The lowest BCUT2D eigenvalue weighted by Gasteiger charge is -2.25. The van der Waals surface area contributed by atoms with Crippen LogP contribution in [0.5, 0.6) is 0 Å². The van der Waals surface area contributed by atoms with Gasteiger partial charge in [0.1, 0.15) is 0 Å². The molecule has 2 rings (SSSR count). The van der Waals surface area contributed by atoms with Crippen molar-refractivity contribution in [1.82, 2.24) is 19.9 Å². The van der Waals surface area contributed by atoms with Crippen LogP contribution in [0.15, 0.2) is 18.3 Å². The van der Waals surface area contributed by atoms with E-state index in [4.69, 9.17) is 0 Å². The molecule has 0 spiro atoms. The van der Waals surface area contributed by atoms with Gasteiger partial charge in [-0.15, -0.1) is 5.10 Å². The summed E-state index contributed by atoms with van der Waals surface area (Å²) in [6, 6.07) is 0. The smallest absolute Gasteiger partial charge is 0.246 e. The monoisotopic (exact) mass is 192 g/mol. The fraction of sp³-hybridized carbons (Fsp3) is 0.444. The Balaban J connectivity index is 2.11. The van der Waals surface area contributed by atoms with E-state index < -0.39 is 0 Å². The van der Waals surface area contributed by atoms with Gasteiger partial charge in [0.2, 0.25) is 5.91 Å². The predicted molar refractivity (Wildman–Crippen MR) is 50.3 cm³/mol. The Morgan fingerprint density at radius 1 is 1.57 bits per heavy atom. The lowest BCUT2D eigenvalue weighted by atomic mass is 10.3. The van der Waals surface area contributed by atoms with Crippen LogP contribution in [0.3, 0.4) is 0 Å². The summed E-state index contributed by atoms with van der Waals surface area (Å²) in [6.45, 7) is 3.89. The molecule has 0 saturated carbocycles. The van der Waals surface area contributed by atoms with E-state index in [0.29, 0.717) is 13.1 Å². The van der Waals surface area contributed by atoms with Gasteiger partial charge >= 0.3 is 0 Å². The average Bonchev–Trinajstić information content (AvgIpc) is 2.64. The number of aromatic nitrogens is 3. The van der Waals surface area contributed by atoms with Gasteiger partial charge in [-0.3, -0.25) is 4.79 Å². The molecular formula is C9H12N4O. The molecule has 2 heterocycles. The van der Waals surface area contributed by atoms with Crippen LogP contribution < -0.4 is 0 Å². The molecule has 0 radical (unpaired) electrons. The van der Waals surface area contributed by atoms with E-state index in [0.717, 1.165) is 12.2 Å². The molecule has 1 amide bonds. The molecule has 0 saturated heterocycles. The van der Waals surface area contributed by atoms with E-state index in [1.54, 1.807) is 23.2 Å². The van der Waals surface area contributed by atoms with Crippen LogP contribution in [0.2, 0.25) is 0 Å². The van der Waals surface area contributed by atoms with E-state index in [-0.39, 0.29) is 5.91 Å². The fourth-order valence-corrected chi connectivity index (χ4v) is 1.52. The molecular weight excluding hydrogens is 180 g/mol. The van der Waals surface area contributed by atoms with Crippen LogP contribution in [0.25, 0.3) is 0 Å². The van der Waals surface area contributed by atoms with Crippen molar-refractivity contribution in [3.8, 4) is 0 Å². The van der Waals surface area contributed by atoms with Gasteiger partial charge in [0.05, 0.1) is 25.0 Å². The number of nitrogens with zero attached hydrogens (tertiary/aromatic N) is 4. The second kappa shape index (κ2) is 3.61. The molecule has 1 aromatic heterocycles. The van der Waals surface area contributed by atoms with Crippen LogP contribution in [0.4, 0.5) is 0 Å². The van der Waals surface area contributed by atoms with Gasteiger partial charge in [0, 0.05) is 6.54 Å². The van der Waals surface area contributed by atoms with Crippen LogP contribution >= 0.6 is 0 Å². The summed E-state index contributed by atoms with van der Waals surface area (Å²) in [7, 11) is 0. The van der Waals surface area contributed by atoms with Gasteiger partial charge < -0.3 is 4.90 Å². The number of fused-ring (bicyclic) bond motifs is 1. The molecule has 0 unspecified atom stereocenters. The minimum Gasteiger partial charge on any atom is -0.331 e. The summed E-state index contributed by atoms with van der Waals surface area (Å²) in [5.41, 5.74) is 0.995. The Hall–Kier alpha value is -1.65. The van der Waals surface area contributed by atoms with E-state index in [1.807, 2.05) is 11.6 Å². The maximum atomic E-state index is 11.5. The molecule has 0 aliphatic carbocycles. The number of carbonyl (C=O) groups is 1. The van der Waals surface area contributed by atoms with Gasteiger partial charge in [0.25, 0.3) is 0 Å². The topological polar surface area (TPSA) is 51.0 Å². The first-order valence-corrected chi connectivity index (χ1v) is 4.60. The van der Waals surface area contributed by atoms with Gasteiger partial charge in [-0.1, -0.05) is 11.3 Å². The summed E-state index contributed by atoms with van der Waals surface area (Å²) in [6.07, 6.45) is 5.04. The maximum Gasteiger partial charge on any atom is 0.246 e. The molecule has 0 fully saturated rings. The van der Waals surface area contributed by atoms with Crippen molar-refractivity contribution < 1.29 is 4.79 Å². The third kappa shape index (κ3) is 1.53. The van der Waals surface area contributed by atoms with Crippen molar-refractivity contribution >= 4 is 5.91 Å². The standard InChI is InChI=1S/C9H12N4O/c1-2-3-9(14)12-4-5-13-8(7-12)6-10-11-13/h2-3,6H,4-5,7H2,1H3/b3-2+. The first kappa shape index (κ1) is 8.93. The Morgan fingerprint density at radius 2 is 2.43 bits per heavy atom. The maximum absolute atomic E-state index is 11.5. The summed E-state index contributed by atoms with van der Waals surface area (Å²) in [4.78, 5) is 13.3.